The van der Waals surface area contributed by atoms with Gasteiger partial charge in [0.1, 0.15) is 5.01 Å². The molecule has 0 unspecified atom stereocenters. The summed E-state index contributed by atoms with van der Waals surface area (Å²) < 4.78 is 3.47. The highest BCUT2D eigenvalue weighted by molar-refractivity contribution is 7.11. The van der Waals surface area contributed by atoms with Gasteiger partial charge in [-0.05, 0) is 32.6 Å². The van der Waals surface area contributed by atoms with E-state index in [0.717, 1.165) is 24.4 Å². The van der Waals surface area contributed by atoms with Crippen molar-refractivity contribution in [3.63, 3.8) is 0 Å². The Labute approximate surface area is 116 Å². The molecule has 0 aromatic carbocycles. The first-order valence-electron chi connectivity index (χ1n) is 7.01. The van der Waals surface area contributed by atoms with Gasteiger partial charge < -0.3 is 0 Å². The highest BCUT2D eigenvalue weighted by Crippen LogP contribution is 2.26. The number of nitrogens with zero attached hydrogens (tertiary/aromatic N) is 3. The van der Waals surface area contributed by atoms with Gasteiger partial charge in [-0.3, -0.25) is 9.13 Å². The number of aromatic nitrogens is 3. The molecule has 0 aliphatic heterocycles. The number of hydrogen-bond acceptors (Lipinski definition) is 3. The van der Waals surface area contributed by atoms with Crippen molar-refractivity contribution in [3.05, 3.63) is 38.5 Å². The van der Waals surface area contributed by atoms with Crippen molar-refractivity contribution in [2.75, 3.05) is 0 Å². The van der Waals surface area contributed by atoms with Crippen molar-refractivity contribution in [1.82, 2.24) is 14.1 Å². The molecular formula is C14H19N3OS. The predicted molar refractivity (Wildman–Crippen MR) is 76.8 cm³/mol. The third kappa shape index (κ3) is 2.52. The topological polar surface area (TPSA) is 39.8 Å². The van der Waals surface area contributed by atoms with Gasteiger partial charge in [-0.1, -0.05) is 6.42 Å². The largest absolute Gasteiger partial charge is 0.328 e. The van der Waals surface area contributed by atoms with Crippen molar-refractivity contribution in [2.45, 2.75) is 52.1 Å². The van der Waals surface area contributed by atoms with Crippen LogP contribution in [0.2, 0.25) is 0 Å². The lowest BCUT2D eigenvalue weighted by atomic mass is 10.2. The number of rotatable bonds is 3. The average molecular weight is 277 g/mol. The van der Waals surface area contributed by atoms with Crippen molar-refractivity contribution in [2.24, 2.45) is 0 Å². The quantitative estimate of drug-likeness (QED) is 0.808. The Hall–Kier alpha value is -1.36. The minimum Gasteiger partial charge on any atom is -0.300 e. The summed E-state index contributed by atoms with van der Waals surface area (Å²) in [5.74, 6) is 0. The standard InChI is InChI=1S/C14H19N3OS/c1-2-16-8-9-17(14(16)18)10-13-15-11-6-4-3-5-7-12(11)19-13/h8-9H,2-7,10H2,1H3. The minimum absolute atomic E-state index is 0.0629. The summed E-state index contributed by atoms with van der Waals surface area (Å²) >= 11 is 1.79. The molecule has 0 amide bonds. The van der Waals surface area contributed by atoms with E-state index in [0.29, 0.717) is 6.54 Å². The van der Waals surface area contributed by atoms with Crippen LogP contribution in [0.15, 0.2) is 17.2 Å². The molecule has 0 atom stereocenters. The van der Waals surface area contributed by atoms with E-state index in [9.17, 15) is 4.79 Å². The van der Waals surface area contributed by atoms with E-state index in [2.05, 4.69) is 0 Å². The van der Waals surface area contributed by atoms with E-state index in [1.165, 1.54) is 29.8 Å². The van der Waals surface area contributed by atoms with Crippen LogP contribution in [-0.2, 0) is 25.9 Å². The molecule has 0 spiro atoms. The number of thiazole rings is 1. The Morgan fingerprint density at radius 3 is 2.79 bits per heavy atom. The van der Waals surface area contributed by atoms with E-state index in [1.807, 2.05) is 19.3 Å². The van der Waals surface area contributed by atoms with Crippen molar-refractivity contribution < 1.29 is 0 Å². The Kier molecular flexibility index (Phi) is 3.55. The van der Waals surface area contributed by atoms with Gasteiger partial charge in [0.25, 0.3) is 0 Å². The van der Waals surface area contributed by atoms with Gasteiger partial charge in [0.05, 0.1) is 12.2 Å². The van der Waals surface area contributed by atoms with E-state index in [-0.39, 0.29) is 5.69 Å². The van der Waals surface area contributed by atoms with Crippen LogP contribution in [0, 0.1) is 0 Å². The third-order valence-corrected chi connectivity index (χ3v) is 4.85. The molecule has 5 heteroatoms. The summed E-state index contributed by atoms with van der Waals surface area (Å²) in [5.41, 5.74) is 1.34. The first kappa shape index (κ1) is 12.7. The monoisotopic (exact) mass is 277 g/mol. The molecule has 1 aliphatic carbocycles. The summed E-state index contributed by atoms with van der Waals surface area (Å²) in [6.45, 7) is 3.32. The molecule has 0 radical (unpaired) electrons. The Bertz CT molecular complexity index is 599. The molecule has 0 bridgehead atoms. The van der Waals surface area contributed by atoms with Gasteiger partial charge in [-0.15, -0.1) is 11.3 Å². The van der Waals surface area contributed by atoms with Gasteiger partial charge in [0, 0.05) is 23.8 Å². The highest BCUT2D eigenvalue weighted by atomic mass is 32.1. The fourth-order valence-corrected chi connectivity index (χ4v) is 3.77. The van der Waals surface area contributed by atoms with E-state index >= 15 is 0 Å². The van der Waals surface area contributed by atoms with Crippen LogP contribution in [-0.4, -0.2) is 14.1 Å². The minimum atomic E-state index is 0.0629. The zero-order chi connectivity index (χ0) is 13.2. The van der Waals surface area contributed by atoms with E-state index in [4.69, 9.17) is 4.98 Å². The maximum Gasteiger partial charge on any atom is 0.328 e. The molecule has 0 saturated heterocycles. The van der Waals surface area contributed by atoms with Gasteiger partial charge in [-0.2, -0.15) is 0 Å². The third-order valence-electron chi connectivity index (χ3n) is 3.70. The number of aryl methyl sites for hydroxylation is 3. The van der Waals surface area contributed by atoms with Crippen molar-refractivity contribution >= 4 is 11.3 Å². The summed E-state index contributed by atoms with van der Waals surface area (Å²) in [6, 6.07) is 0. The maximum atomic E-state index is 12.0. The molecule has 4 nitrogen and oxygen atoms in total. The van der Waals surface area contributed by atoms with Crippen molar-refractivity contribution in [1.29, 1.82) is 0 Å². The summed E-state index contributed by atoms with van der Waals surface area (Å²) in [7, 11) is 0. The summed E-state index contributed by atoms with van der Waals surface area (Å²) in [5, 5.41) is 1.07. The zero-order valence-corrected chi connectivity index (χ0v) is 12.1. The Morgan fingerprint density at radius 2 is 2.00 bits per heavy atom. The molecule has 0 saturated carbocycles. The molecule has 19 heavy (non-hydrogen) atoms. The average Bonchev–Trinajstić information content (AvgIpc) is 2.88. The SMILES string of the molecule is CCn1ccn(Cc2nc3c(s2)CCCCC3)c1=O. The second-order valence-electron chi connectivity index (χ2n) is 5.03. The van der Waals surface area contributed by atoms with Crippen LogP contribution < -0.4 is 5.69 Å². The summed E-state index contributed by atoms with van der Waals surface area (Å²) in [4.78, 5) is 18.2. The molecule has 2 aromatic rings. The highest BCUT2D eigenvalue weighted by Gasteiger charge is 2.14. The predicted octanol–water partition coefficient (Wildman–Crippen LogP) is 2.44. The van der Waals surface area contributed by atoms with Crippen LogP contribution >= 0.6 is 11.3 Å². The first-order chi connectivity index (χ1) is 9.28. The van der Waals surface area contributed by atoms with Crippen LogP contribution in [0.3, 0.4) is 0 Å². The lowest BCUT2D eigenvalue weighted by Gasteiger charge is -1.98. The molecule has 0 N–H and O–H groups in total. The lowest BCUT2D eigenvalue weighted by molar-refractivity contribution is 0.664. The van der Waals surface area contributed by atoms with Gasteiger partial charge in [-0.25, -0.2) is 9.78 Å². The molecule has 102 valence electrons. The molecule has 1 aliphatic rings. The van der Waals surface area contributed by atoms with Crippen LogP contribution in [0.4, 0.5) is 0 Å². The van der Waals surface area contributed by atoms with Crippen molar-refractivity contribution in [3.8, 4) is 0 Å². The number of hydrogen-bond donors (Lipinski definition) is 0. The molecule has 2 heterocycles. The van der Waals surface area contributed by atoms with E-state index in [1.54, 1.807) is 20.5 Å². The second kappa shape index (κ2) is 5.33. The Balaban J connectivity index is 1.83. The maximum absolute atomic E-state index is 12.0. The molecule has 0 fully saturated rings. The number of imidazole rings is 1. The molecule has 3 rings (SSSR count). The van der Waals surface area contributed by atoms with Gasteiger partial charge >= 0.3 is 5.69 Å². The normalized spacial score (nSPS) is 15.2. The second-order valence-corrected chi connectivity index (χ2v) is 6.20. The smallest absolute Gasteiger partial charge is 0.300 e. The molecule has 2 aromatic heterocycles. The zero-order valence-electron chi connectivity index (χ0n) is 11.3. The Morgan fingerprint density at radius 1 is 1.21 bits per heavy atom. The van der Waals surface area contributed by atoms with Gasteiger partial charge in [0.2, 0.25) is 0 Å². The van der Waals surface area contributed by atoms with E-state index < -0.39 is 0 Å². The fourth-order valence-electron chi connectivity index (χ4n) is 2.61. The molecular weight excluding hydrogens is 258 g/mol. The summed E-state index contributed by atoms with van der Waals surface area (Å²) in [6.07, 6.45) is 9.83. The van der Waals surface area contributed by atoms with Crippen LogP contribution in [0.5, 0.6) is 0 Å². The fraction of sp³-hybridized carbons (Fsp3) is 0.571. The first-order valence-corrected chi connectivity index (χ1v) is 7.82. The van der Waals surface area contributed by atoms with Gasteiger partial charge in [0.15, 0.2) is 0 Å². The van der Waals surface area contributed by atoms with Crippen LogP contribution in [0.1, 0.15) is 41.8 Å². The lowest BCUT2D eigenvalue weighted by Crippen LogP contribution is -2.23. The van der Waals surface area contributed by atoms with Crippen LogP contribution in [0.25, 0.3) is 0 Å². The number of fused-ring (bicyclic) bond motifs is 1.